The van der Waals surface area contributed by atoms with Gasteiger partial charge in [-0.2, -0.15) is 0 Å². The van der Waals surface area contributed by atoms with E-state index in [2.05, 4.69) is 0 Å². The zero-order chi connectivity index (χ0) is 10.2. The minimum Gasteiger partial charge on any atom is -0.206 e. The molecule has 13 heavy (non-hydrogen) atoms. The third-order valence-corrected chi connectivity index (χ3v) is 2.75. The van der Waals surface area contributed by atoms with Crippen molar-refractivity contribution in [3.63, 3.8) is 0 Å². The smallest absolute Gasteiger partial charge is 0.148 e. The van der Waals surface area contributed by atoms with Crippen LogP contribution in [0.3, 0.4) is 0 Å². The number of benzene rings is 1. The zero-order valence-electron chi connectivity index (χ0n) is 7.84. The summed E-state index contributed by atoms with van der Waals surface area (Å²) in [5.41, 5.74) is 0.991. The van der Waals surface area contributed by atoms with E-state index in [1.165, 1.54) is 0 Å². The molecule has 0 aliphatic carbocycles. The van der Waals surface area contributed by atoms with E-state index in [1.54, 1.807) is 20.8 Å². The summed E-state index contributed by atoms with van der Waals surface area (Å²) in [4.78, 5) is 0. The monoisotopic (exact) mass is 204 g/mol. The number of hydrogen-bond donors (Lipinski definition) is 0. The molecule has 3 heteroatoms. The Hall–Kier alpha value is -0.630. The second kappa shape index (κ2) is 3.62. The van der Waals surface area contributed by atoms with Crippen molar-refractivity contribution < 1.29 is 8.78 Å². The van der Waals surface area contributed by atoms with Crippen molar-refractivity contribution in [2.24, 2.45) is 0 Å². The van der Waals surface area contributed by atoms with Gasteiger partial charge in [0.25, 0.3) is 0 Å². The SMILES string of the molecule is CCc1c(F)c(C)c(C)c(Cl)c1F. The van der Waals surface area contributed by atoms with Crippen molar-refractivity contribution in [3.05, 3.63) is 33.3 Å². The Bertz CT molecular complexity index is 316. The molecule has 0 heterocycles. The molecule has 0 aliphatic heterocycles. The van der Waals surface area contributed by atoms with Crippen LogP contribution in [0, 0.1) is 25.5 Å². The van der Waals surface area contributed by atoms with Crippen LogP contribution in [0.25, 0.3) is 0 Å². The van der Waals surface area contributed by atoms with Crippen molar-refractivity contribution in [1.29, 1.82) is 0 Å². The van der Waals surface area contributed by atoms with Gasteiger partial charge < -0.3 is 0 Å². The molecule has 0 atom stereocenters. The molecule has 0 fully saturated rings. The van der Waals surface area contributed by atoms with Gasteiger partial charge >= 0.3 is 0 Å². The van der Waals surface area contributed by atoms with Crippen LogP contribution in [0.5, 0.6) is 0 Å². The Kier molecular flexibility index (Phi) is 2.91. The summed E-state index contributed by atoms with van der Waals surface area (Å²) in [6.45, 7) is 4.92. The quantitative estimate of drug-likeness (QED) is 0.611. The van der Waals surface area contributed by atoms with Gasteiger partial charge in [-0.1, -0.05) is 18.5 Å². The summed E-state index contributed by atoms with van der Waals surface area (Å²) in [6.07, 6.45) is 0.318. The molecule has 1 rings (SSSR count). The number of rotatable bonds is 1. The molecular weight excluding hydrogens is 194 g/mol. The molecule has 0 amide bonds. The maximum atomic E-state index is 13.4. The summed E-state index contributed by atoms with van der Waals surface area (Å²) in [5, 5.41) is 0.0377. The largest absolute Gasteiger partial charge is 0.206 e. The van der Waals surface area contributed by atoms with E-state index < -0.39 is 11.6 Å². The van der Waals surface area contributed by atoms with Crippen LogP contribution in [0.15, 0.2) is 0 Å². The highest BCUT2D eigenvalue weighted by atomic mass is 35.5. The van der Waals surface area contributed by atoms with E-state index in [4.69, 9.17) is 11.6 Å². The standard InChI is InChI=1S/C10H11ClF2/c1-4-7-9(12)6(3)5(2)8(11)10(7)13/h4H2,1-3H3. The zero-order valence-corrected chi connectivity index (χ0v) is 8.60. The molecule has 0 saturated carbocycles. The highest BCUT2D eigenvalue weighted by Gasteiger charge is 2.17. The topological polar surface area (TPSA) is 0 Å². The molecule has 0 spiro atoms. The highest BCUT2D eigenvalue weighted by Crippen LogP contribution is 2.28. The Labute approximate surface area is 81.5 Å². The van der Waals surface area contributed by atoms with E-state index in [0.717, 1.165) is 0 Å². The van der Waals surface area contributed by atoms with Gasteiger partial charge in [0, 0.05) is 5.56 Å². The third kappa shape index (κ3) is 1.55. The van der Waals surface area contributed by atoms with E-state index in [0.29, 0.717) is 17.5 Å². The maximum absolute atomic E-state index is 13.4. The predicted octanol–water partition coefficient (Wildman–Crippen LogP) is 3.80. The second-order valence-corrected chi connectivity index (χ2v) is 3.40. The lowest BCUT2D eigenvalue weighted by molar-refractivity contribution is 0.551. The van der Waals surface area contributed by atoms with E-state index in [1.807, 2.05) is 0 Å². The average molecular weight is 205 g/mol. The summed E-state index contributed by atoms with van der Waals surface area (Å²) < 4.78 is 26.7. The fourth-order valence-electron chi connectivity index (χ4n) is 1.26. The fourth-order valence-corrected chi connectivity index (χ4v) is 1.52. The summed E-state index contributed by atoms with van der Waals surface area (Å²) >= 11 is 5.70. The molecule has 0 N–H and O–H groups in total. The van der Waals surface area contributed by atoms with Gasteiger partial charge in [-0.25, -0.2) is 8.78 Å². The van der Waals surface area contributed by atoms with Crippen molar-refractivity contribution >= 4 is 11.6 Å². The van der Waals surface area contributed by atoms with Gasteiger partial charge in [-0.15, -0.1) is 0 Å². The van der Waals surface area contributed by atoms with Crippen LogP contribution in [0.2, 0.25) is 5.02 Å². The Morgan fingerprint density at radius 2 is 1.62 bits per heavy atom. The first-order valence-corrected chi connectivity index (χ1v) is 4.51. The molecule has 0 unspecified atom stereocenters. The van der Waals surface area contributed by atoms with Crippen molar-refractivity contribution in [2.75, 3.05) is 0 Å². The third-order valence-electron chi connectivity index (χ3n) is 2.30. The van der Waals surface area contributed by atoms with Crippen LogP contribution in [0.1, 0.15) is 23.6 Å². The molecule has 0 aromatic heterocycles. The molecule has 0 nitrogen and oxygen atoms in total. The lowest BCUT2D eigenvalue weighted by Gasteiger charge is -2.10. The Morgan fingerprint density at radius 1 is 1.08 bits per heavy atom. The van der Waals surface area contributed by atoms with E-state index in [9.17, 15) is 8.78 Å². The molecule has 0 aliphatic rings. The average Bonchev–Trinajstić information content (AvgIpc) is 2.13. The van der Waals surface area contributed by atoms with Crippen LogP contribution < -0.4 is 0 Å². The van der Waals surface area contributed by atoms with Gasteiger partial charge in [0.15, 0.2) is 0 Å². The van der Waals surface area contributed by atoms with Crippen LogP contribution in [-0.4, -0.2) is 0 Å². The maximum Gasteiger partial charge on any atom is 0.148 e. The number of halogens is 3. The fraction of sp³-hybridized carbons (Fsp3) is 0.400. The van der Waals surface area contributed by atoms with Gasteiger partial charge in [0.1, 0.15) is 11.6 Å². The molecular formula is C10H11ClF2. The second-order valence-electron chi connectivity index (χ2n) is 3.02. The molecule has 1 aromatic carbocycles. The molecule has 0 radical (unpaired) electrons. The van der Waals surface area contributed by atoms with E-state index in [-0.39, 0.29) is 10.6 Å². The van der Waals surface area contributed by atoms with Crippen LogP contribution in [-0.2, 0) is 6.42 Å². The summed E-state index contributed by atoms with van der Waals surface area (Å²) in [5.74, 6) is -1.09. The molecule has 72 valence electrons. The Morgan fingerprint density at radius 3 is 2.08 bits per heavy atom. The van der Waals surface area contributed by atoms with Crippen LogP contribution in [0.4, 0.5) is 8.78 Å². The first kappa shape index (κ1) is 10.5. The first-order chi connectivity index (χ1) is 6.00. The lowest BCUT2D eigenvalue weighted by Crippen LogP contribution is -2.01. The van der Waals surface area contributed by atoms with Crippen molar-refractivity contribution in [3.8, 4) is 0 Å². The van der Waals surface area contributed by atoms with E-state index >= 15 is 0 Å². The van der Waals surface area contributed by atoms with Crippen molar-refractivity contribution in [1.82, 2.24) is 0 Å². The molecule has 0 bridgehead atoms. The van der Waals surface area contributed by atoms with Crippen molar-refractivity contribution in [2.45, 2.75) is 27.2 Å². The predicted molar refractivity (Wildman–Crippen MR) is 50.2 cm³/mol. The van der Waals surface area contributed by atoms with Crippen LogP contribution >= 0.6 is 11.6 Å². The minimum atomic E-state index is -0.621. The normalized spacial score (nSPS) is 10.6. The van der Waals surface area contributed by atoms with Gasteiger partial charge in [0.05, 0.1) is 5.02 Å². The summed E-state index contributed by atoms with van der Waals surface area (Å²) in [7, 11) is 0. The van der Waals surface area contributed by atoms with Gasteiger partial charge in [-0.05, 0) is 31.4 Å². The summed E-state index contributed by atoms with van der Waals surface area (Å²) in [6, 6.07) is 0. The lowest BCUT2D eigenvalue weighted by atomic mass is 10.0. The van der Waals surface area contributed by atoms with Gasteiger partial charge in [0.2, 0.25) is 0 Å². The molecule has 0 saturated heterocycles. The molecule has 1 aromatic rings. The number of hydrogen-bond acceptors (Lipinski definition) is 0. The first-order valence-electron chi connectivity index (χ1n) is 4.13. The van der Waals surface area contributed by atoms with Gasteiger partial charge in [-0.3, -0.25) is 0 Å². The Balaban J connectivity index is 3.56. The minimum absolute atomic E-state index is 0.0377. The highest BCUT2D eigenvalue weighted by molar-refractivity contribution is 6.31.